The van der Waals surface area contributed by atoms with Crippen LogP contribution in [0.2, 0.25) is 0 Å². The summed E-state index contributed by atoms with van der Waals surface area (Å²) >= 11 is 0. The number of anilines is 1. The number of methoxy groups -OCH3 is 2. The number of rotatable bonds is 8. The van der Waals surface area contributed by atoms with E-state index in [-0.39, 0.29) is 10.8 Å². The highest BCUT2D eigenvalue weighted by atomic mass is 32.2. The van der Waals surface area contributed by atoms with Crippen LogP contribution in [0, 0.1) is 0 Å². The molecule has 26 heavy (non-hydrogen) atoms. The van der Waals surface area contributed by atoms with Crippen LogP contribution in [0.25, 0.3) is 0 Å². The fraction of sp³-hybridized carbons (Fsp3) is 0.278. The minimum atomic E-state index is -3.56. The molecule has 8 heteroatoms. The van der Waals surface area contributed by atoms with Gasteiger partial charge in [-0.15, -0.1) is 0 Å². The first-order chi connectivity index (χ1) is 12.4. The molecule has 0 aliphatic heterocycles. The zero-order chi connectivity index (χ0) is 19.2. The molecule has 0 aliphatic rings. The lowest BCUT2D eigenvalue weighted by Crippen LogP contribution is -2.24. The van der Waals surface area contributed by atoms with E-state index in [0.29, 0.717) is 35.7 Å². The first kappa shape index (κ1) is 19.7. The Bertz CT molecular complexity index is 864. The third-order valence-corrected chi connectivity index (χ3v) is 5.10. The maximum absolute atomic E-state index is 12.4. The van der Waals surface area contributed by atoms with Crippen molar-refractivity contribution in [2.75, 3.05) is 26.1 Å². The molecule has 140 valence electrons. The van der Waals surface area contributed by atoms with Gasteiger partial charge in [-0.05, 0) is 42.8 Å². The van der Waals surface area contributed by atoms with E-state index in [9.17, 15) is 13.2 Å². The zero-order valence-corrected chi connectivity index (χ0v) is 15.7. The minimum absolute atomic E-state index is 0.115. The quantitative estimate of drug-likeness (QED) is 0.736. The van der Waals surface area contributed by atoms with Crippen LogP contribution in [-0.4, -0.2) is 35.1 Å². The van der Waals surface area contributed by atoms with Gasteiger partial charge in [0.05, 0.1) is 24.8 Å². The van der Waals surface area contributed by atoms with E-state index in [1.165, 1.54) is 38.5 Å². The summed E-state index contributed by atoms with van der Waals surface area (Å²) in [7, 11) is -0.525. The summed E-state index contributed by atoms with van der Waals surface area (Å²) in [5, 5.41) is 2.74. The van der Waals surface area contributed by atoms with E-state index in [2.05, 4.69) is 10.0 Å². The van der Waals surface area contributed by atoms with Crippen LogP contribution in [-0.2, 0) is 10.0 Å². The van der Waals surface area contributed by atoms with Gasteiger partial charge in [0, 0.05) is 18.2 Å². The molecule has 0 saturated heterocycles. The average Bonchev–Trinajstić information content (AvgIpc) is 2.66. The van der Waals surface area contributed by atoms with Gasteiger partial charge in [0.1, 0.15) is 11.5 Å². The van der Waals surface area contributed by atoms with Crippen LogP contribution in [0.1, 0.15) is 23.7 Å². The summed E-state index contributed by atoms with van der Waals surface area (Å²) in [4.78, 5) is 12.5. The van der Waals surface area contributed by atoms with Gasteiger partial charge in [-0.2, -0.15) is 0 Å². The fourth-order valence-electron chi connectivity index (χ4n) is 2.20. The van der Waals surface area contributed by atoms with Crippen LogP contribution in [0.3, 0.4) is 0 Å². The van der Waals surface area contributed by atoms with Gasteiger partial charge in [0.25, 0.3) is 5.91 Å². The van der Waals surface area contributed by atoms with Crippen LogP contribution in [0.15, 0.2) is 47.4 Å². The Morgan fingerprint density at radius 2 is 1.73 bits per heavy atom. The highest BCUT2D eigenvalue weighted by molar-refractivity contribution is 7.89. The average molecular weight is 378 g/mol. The Kier molecular flexibility index (Phi) is 6.59. The molecule has 0 saturated carbocycles. The first-order valence-electron chi connectivity index (χ1n) is 8.04. The molecule has 0 aromatic heterocycles. The maximum atomic E-state index is 12.4. The van der Waals surface area contributed by atoms with Gasteiger partial charge in [-0.3, -0.25) is 4.79 Å². The number of carbonyl (C=O) groups excluding carboxylic acids is 1. The third kappa shape index (κ3) is 4.74. The van der Waals surface area contributed by atoms with Crippen molar-refractivity contribution in [3.8, 4) is 11.5 Å². The normalized spacial score (nSPS) is 11.0. The molecule has 0 unspecified atom stereocenters. The molecular formula is C18H22N2O5S. The molecule has 0 atom stereocenters. The van der Waals surface area contributed by atoms with Crippen molar-refractivity contribution in [2.24, 2.45) is 0 Å². The molecule has 0 bridgehead atoms. The molecule has 0 heterocycles. The Morgan fingerprint density at radius 1 is 1.04 bits per heavy atom. The van der Waals surface area contributed by atoms with E-state index in [1.54, 1.807) is 18.2 Å². The molecule has 2 rings (SSSR count). The van der Waals surface area contributed by atoms with Crippen molar-refractivity contribution in [2.45, 2.75) is 18.2 Å². The van der Waals surface area contributed by atoms with Gasteiger partial charge in [0.15, 0.2) is 0 Å². The molecule has 1 amide bonds. The topological polar surface area (TPSA) is 93.7 Å². The molecule has 2 aromatic rings. The SMILES string of the molecule is CCCNS(=O)(=O)c1ccc(C(=O)Nc2ccc(OC)cc2OC)cc1. The molecule has 7 nitrogen and oxygen atoms in total. The summed E-state index contributed by atoms with van der Waals surface area (Å²) in [5.41, 5.74) is 0.817. The molecule has 0 spiro atoms. The van der Waals surface area contributed by atoms with Gasteiger partial charge in [0.2, 0.25) is 10.0 Å². The monoisotopic (exact) mass is 378 g/mol. The van der Waals surface area contributed by atoms with E-state index >= 15 is 0 Å². The lowest BCUT2D eigenvalue weighted by atomic mass is 10.2. The Morgan fingerprint density at radius 3 is 2.31 bits per heavy atom. The van der Waals surface area contributed by atoms with E-state index in [4.69, 9.17) is 9.47 Å². The molecule has 0 aliphatic carbocycles. The molecule has 0 fully saturated rings. The summed E-state index contributed by atoms with van der Waals surface area (Å²) < 4.78 is 37.0. The highest BCUT2D eigenvalue weighted by Crippen LogP contribution is 2.29. The number of carbonyl (C=O) groups is 1. The summed E-state index contributed by atoms with van der Waals surface area (Å²) in [6.07, 6.45) is 0.698. The second-order valence-electron chi connectivity index (χ2n) is 5.44. The van der Waals surface area contributed by atoms with Crippen LogP contribution < -0.4 is 19.5 Å². The van der Waals surface area contributed by atoms with E-state index in [1.807, 2.05) is 6.92 Å². The second kappa shape index (κ2) is 8.68. The standard InChI is InChI=1S/C18H22N2O5S/c1-4-11-19-26(22,23)15-8-5-13(6-9-15)18(21)20-16-10-7-14(24-2)12-17(16)25-3/h5-10,12,19H,4,11H2,1-3H3,(H,20,21). The lowest BCUT2D eigenvalue weighted by molar-refractivity contribution is 0.102. The summed E-state index contributed by atoms with van der Waals surface area (Å²) in [6, 6.07) is 10.8. The van der Waals surface area contributed by atoms with Crippen molar-refractivity contribution >= 4 is 21.6 Å². The smallest absolute Gasteiger partial charge is 0.255 e. The van der Waals surface area contributed by atoms with Crippen molar-refractivity contribution in [1.29, 1.82) is 0 Å². The van der Waals surface area contributed by atoms with E-state index < -0.39 is 10.0 Å². The zero-order valence-electron chi connectivity index (χ0n) is 14.9. The Hall–Kier alpha value is -2.58. The molecule has 2 aromatic carbocycles. The predicted molar refractivity (Wildman–Crippen MR) is 99.4 cm³/mol. The Balaban J connectivity index is 2.16. The van der Waals surface area contributed by atoms with Crippen LogP contribution in [0.4, 0.5) is 5.69 Å². The minimum Gasteiger partial charge on any atom is -0.497 e. The molecule has 0 radical (unpaired) electrons. The van der Waals surface area contributed by atoms with Crippen LogP contribution >= 0.6 is 0 Å². The lowest BCUT2D eigenvalue weighted by Gasteiger charge is -2.12. The first-order valence-corrected chi connectivity index (χ1v) is 9.52. The predicted octanol–water partition coefficient (Wildman–Crippen LogP) is 2.64. The number of sulfonamides is 1. The van der Waals surface area contributed by atoms with Gasteiger partial charge in [-0.25, -0.2) is 13.1 Å². The number of hydrogen-bond donors (Lipinski definition) is 2. The molecular weight excluding hydrogens is 356 g/mol. The maximum Gasteiger partial charge on any atom is 0.255 e. The van der Waals surface area contributed by atoms with Crippen LogP contribution in [0.5, 0.6) is 11.5 Å². The largest absolute Gasteiger partial charge is 0.497 e. The van der Waals surface area contributed by atoms with Gasteiger partial charge >= 0.3 is 0 Å². The number of ether oxygens (including phenoxy) is 2. The van der Waals surface area contributed by atoms with Gasteiger partial charge < -0.3 is 14.8 Å². The summed E-state index contributed by atoms with van der Waals surface area (Å²) in [5.74, 6) is 0.689. The number of hydrogen-bond acceptors (Lipinski definition) is 5. The van der Waals surface area contributed by atoms with Crippen molar-refractivity contribution in [3.05, 3.63) is 48.0 Å². The summed E-state index contributed by atoms with van der Waals surface area (Å²) in [6.45, 7) is 2.24. The van der Waals surface area contributed by atoms with Crippen molar-refractivity contribution in [1.82, 2.24) is 4.72 Å². The Labute approximate surface area is 153 Å². The van der Waals surface area contributed by atoms with Crippen molar-refractivity contribution < 1.29 is 22.7 Å². The third-order valence-electron chi connectivity index (χ3n) is 3.63. The number of amides is 1. The second-order valence-corrected chi connectivity index (χ2v) is 7.21. The number of nitrogens with one attached hydrogen (secondary N) is 2. The van der Waals surface area contributed by atoms with Gasteiger partial charge in [-0.1, -0.05) is 6.92 Å². The number of benzene rings is 2. The highest BCUT2D eigenvalue weighted by Gasteiger charge is 2.15. The van der Waals surface area contributed by atoms with Crippen molar-refractivity contribution in [3.63, 3.8) is 0 Å². The fourth-order valence-corrected chi connectivity index (χ4v) is 3.34. The van der Waals surface area contributed by atoms with E-state index in [0.717, 1.165) is 0 Å². The molecule has 2 N–H and O–H groups in total.